The Balaban J connectivity index is 2.92. The number of carbonyl (C=O) groups is 6. The summed E-state index contributed by atoms with van der Waals surface area (Å²) in [5.74, 6) is -7.30. The van der Waals surface area contributed by atoms with Gasteiger partial charge in [0, 0.05) is 24.7 Å². The summed E-state index contributed by atoms with van der Waals surface area (Å²) in [5.41, 5.74) is 6.05. The lowest BCUT2D eigenvalue weighted by Crippen LogP contribution is -2.58. The number of rotatable bonds is 15. The number of hydrogen-bond acceptors (Lipinski definition) is 9. The minimum Gasteiger partial charge on any atom is -0.481 e. The first-order valence-electron chi connectivity index (χ1n) is 9.85. The molecular formula is C18H26N6O10. The monoisotopic (exact) mass is 486 g/mol. The average Bonchev–Trinajstić information content (AvgIpc) is 3.27. The number of aromatic nitrogens is 2. The fourth-order valence-corrected chi connectivity index (χ4v) is 2.63. The SMILES string of the molecule is NC(CCC(=O)O)C(=O)NC(Cc1cnc[nH]1)C(=O)NC(CO)C(=O)NC(CC(=O)O)C(=O)O. The number of H-pyrrole nitrogens is 1. The second-order valence-electron chi connectivity index (χ2n) is 7.12. The van der Waals surface area contributed by atoms with Gasteiger partial charge in [-0.05, 0) is 6.42 Å². The number of aliphatic hydroxyl groups is 1. The number of nitrogens with zero attached hydrogens (tertiary/aromatic N) is 1. The van der Waals surface area contributed by atoms with Gasteiger partial charge in [-0.1, -0.05) is 0 Å². The smallest absolute Gasteiger partial charge is 0.326 e. The largest absolute Gasteiger partial charge is 0.481 e. The van der Waals surface area contributed by atoms with Crippen LogP contribution in [0.2, 0.25) is 0 Å². The fourth-order valence-electron chi connectivity index (χ4n) is 2.63. The van der Waals surface area contributed by atoms with Gasteiger partial charge in [0.25, 0.3) is 0 Å². The molecule has 16 nitrogen and oxygen atoms in total. The van der Waals surface area contributed by atoms with Crippen LogP contribution in [0.15, 0.2) is 12.5 Å². The van der Waals surface area contributed by atoms with Gasteiger partial charge in [-0.15, -0.1) is 0 Å². The van der Waals surface area contributed by atoms with E-state index in [2.05, 4.69) is 20.6 Å². The molecule has 0 fully saturated rings. The van der Waals surface area contributed by atoms with Gasteiger partial charge in [0.2, 0.25) is 17.7 Å². The Morgan fingerprint density at radius 2 is 1.50 bits per heavy atom. The highest BCUT2D eigenvalue weighted by Gasteiger charge is 2.31. The molecule has 0 bridgehead atoms. The van der Waals surface area contributed by atoms with Crippen LogP contribution in [-0.4, -0.2) is 96.8 Å². The molecule has 1 heterocycles. The zero-order valence-electron chi connectivity index (χ0n) is 17.8. The first-order chi connectivity index (χ1) is 15.9. The molecule has 0 saturated carbocycles. The molecule has 1 aromatic rings. The van der Waals surface area contributed by atoms with E-state index in [0.717, 1.165) is 0 Å². The van der Waals surface area contributed by atoms with Crippen molar-refractivity contribution in [2.45, 2.75) is 49.9 Å². The van der Waals surface area contributed by atoms with Gasteiger partial charge in [0.15, 0.2) is 0 Å². The molecule has 188 valence electrons. The molecule has 34 heavy (non-hydrogen) atoms. The number of aliphatic carboxylic acids is 3. The minimum atomic E-state index is -1.82. The molecule has 4 unspecified atom stereocenters. The molecule has 16 heteroatoms. The van der Waals surface area contributed by atoms with E-state index < -0.39 is 72.8 Å². The Bertz CT molecular complexity index is 890. The summed E-state index contributed by atoms with van der Waals surface area (Å²) in [6, 6.07) is -6.09. The third-order valence-corrected chi connectivity index (χ3v) is 4.43. The van der Waals surface area contributed by atoms with E-state index in [1.165, 1.54) is 12.5 Å². The molecule has 0 spiro atoms. The van der Waals surface area contributed by atoms with Gasteiger partial charge in [-0.2, -0.15) is 0 Å². The van der Waals surface area contributed by atoms with Crippen molar-refractivity contribution < 1.29 is 49.2 Å². The molecular weight excluding hydrogens is 460 g/mol. The molecule has 0 saturated heterocycles. The first kappa shape index (κ1) is 28.0. The van der Waals surface area contributed by atoms with E-state index in [9.17, 15) is 33.9 Å². The minimum absolute atomic E-state index is 0.153. The van der Waals surface area contributed by atoms with Crippen molar-refractivity contribution in [2.75, 3.05) is 6.61 Å². The lowest BCUT2D eigenvalue weighted by Gasteiger charge is -2.24. The summed E-state index contributed by atoms with van der Waals surface area (Å²) in [6.07, 6.45) is 0.973. The molecule has 0 aliphatic rings. The van der Waals surface area contributed by atoms with Crippen molar-refractivity contribution in [2.24, 2.45) is 5.73 Å². The van der Waals surface area contributed by atoms with Gasteiger partial charge >= 0.3 is 17.9 Å². The summed E-state index contributed by atoms with van der Waals surface area (Å²) < 4.78 is 0. The van der Waals surface area contributed by atoms with E-state index in [1.807, 2.05) is 5.32 Å². The number of carbonyl (C=O) groups excluding carboxylic acids is 3. The van der Waals surface area contributed by atoms with Crippen LogP contribution >= 0.6 is 0 Å². The summed E-state index contributed by atoms with van der Waals surface area (Å²) in [5, 5.41) is 42.4. The number of aliphatic hydroxyl groups excluding tert-OH is 1. The van der Waals surface area contributed by atoms with E-state index in [4.69, 9.17) is 21.1 Å². The second-order valence-corrected chi connectivity index (χ2v) is 7.12. The second kappa shape index (κ2) is 13.5. The van der Waals surface area contributed by atoms with Crippen LogP contribution in [0.1, 0.15) is 25.0 Å². The van der Waals surface area contributed by atoms with Gasteiger partial charge in [0.05, 0.1) is 25.4 Å². The fraction of sp³-hybridized carbons (Fsp3) is 0.500. The van der Waals surface area contributed by atoms with Gasteiger partial charge < -0.3 is 47.1 Å². The Hall–Kier alpha value is -4.05. The highest BCUT2D eigenvalue weighted by molar-refractivity contribution is 5.94. The van der Waals surface area contributed by atoms with Crippen molar-refractivity contribution in [3.63, 3.8) is 0 Å². The number of carboxylic acids is 3. The lowest BCUT2D eigenvalue weighted by molar-refractivity contribution is -0.147. The standard InChI is InChI=1S/C18H26N6O10/c19-9(1-2-13(26)27)15(30)22-10(3-8-5-20-7-21-8)16(31)24-12(6-25)17(32)23-11(18(33)34)4-14(28)29/h5,7,9-12,25H,1-4,6,19H2,(H,20,21)(H,22,30)(H,23,32)(H,24,31)(H,26,27)(H,28,29)(H,33,34). The van der Waals surface area contributed by atoms with Crippen LogP contribution < -0.4 is 21.7 Å². The zero-order valence-corrected chi connectivity index (χ0v) is 17.8. The molecule has 1 aromatic heterocycles. The van der Waals surface area contributed by atoms with Crippen LogP contribution in [0.3, 0.4) is 0 Å². The van der Waals surface area contributed by atoms with Crippen molar-refractivity contribution in [1.82, 2.24) is 25.9 Å². The summed E-state index contributed by atoms with van der Waals surface area (Å²) >= 11 is 0. The molecule has 10 N–H and O–H groups in total. The molecule has 4 atom stereocenters. The van der Waals surface area contributed by atoms with Crippen molar-refractivity contribution in [3.8, 4) is 0 Å². The number of nitrogens with two attached hydrogens (primary N) is 1. The quantitative estimate of drug-likeness (QED) is 0.115. The van der Waals surface area contributed by atoms with Crippen molar-refractivity contribution >= 4 is 35.6 Å². The first-order valence-corrected chi connectivity index (χ1v) is 9.85. The van der Waals surface area contributed by atoms with Gasteiger partial charge in [0.1, 0.15) is 18.1 Å². The maximum Gasteiger partial charge on any atom is 0.326 e. The normalized spacial score (nSPS) is 14.2. The van der Waals surface area contributed by atoms with E-state index in [-0.39, 0.29) is 19.3 Å². The molecule has 1 rings (SSSR count). The molecule has 3 amide bonds. The predicted molar refractivity (Wildman–Crippen MR) is 110 cm³/mol. The van der Waals surface area contributed by atoms with Crippen molar-refractivity contribution in [1.29, 1.82) is 0 Å². The Labute approximate surface area is 191 Å². The number of hydrogen-bond donors (Lipinski definition) is 9. The highest BCUT2D eigenvalue weighted by atomic mass is 16.4. The number of nitrogens with one attached hydrogen (secondary N) is 4. The Kier molecular flexibility index (Phi) is 11.1. The number of amides is 3. The average molecular weight is 486 g/mol. The van der Waals surface area contributed by atoms with Gasteiger partial charge in [-0.3, -0.25) is 24.0 Å². The van der Waals surface area contributed by atoms with Crippen molar-refractivity contribution in [3.05, 3.63) is 18.2 Å². The lowest BCUT2D eigenvalue weighted by atomic mass is 10.1. The predicted octanol–water partition coefficient (Wildman–Crippen LogP) is -3.85. The maximum atomic E-state index is 12.8. The van der Waals surface area contributed by atoms with Crippen LogP contribution in [-0.2, 0) is 35.2 Å². The molecule has 0 aromatic carbocycles. The van der Waals surface area contributed by atoms with Crippen LogP contribution in [0, 0.1) is 0 Å². The number of aromatic amines is 1. The number of imidazole rings is 1. The summed E-state index contributed by atoms with van der Waals surface area (Å²) in [4.78, 5) is 76.5. The molecule has 0 aliphatic heterocycles. The topological polar surface area (TPSA) is 274 Å². The summed E-state index contributed by atoms with van der Waals surface area (Å²) in [7, 11) is 0. The molecule has 0 radical (unpaired) electrons. The molecule has 0 aliphatic carbocycles. The van der Waals surface area contributed by atoms with E-state index in [0.29, 0.717) is 5.69 Å². The third kappa shape index (κ3) is 9.61. The Morgan fingerprint density at radius 1 is 0.912 bits per heavy atom. The van der Waals surface area contributed by atoms with Gasteiger partial charge in [-0.25, -0.2) is 9.78 Å². The zero-order chi connectivity index (χ0) is 25.8. The van der Waals surface area contributed by atoms with E-state index in [1.54, 1.807) is 0 Å². The third-order valence-electron chi connectivity index (χ3n) is 4.43. The summed E-state index contributed by atoms with van der Waals surface area (Å²) in [6.45, 7) is -0.972. The highest BCUT2D eigenvalue weighted by Crippen LogP contribution is 2.03. The van der Waals surface area contributed by atoms with Crippen LogP contribution in [0.4, 0.5) is 0 Å². The van der Waals surface area contributed by atoms with E-state index >= 15 is 0 Å². The maximum absolute atomic E-state index is 12.8. The number of carboxylic acid groups (broad SMARTS) is 3. The van der Waals surface area contributed by atoms with Crippen LogP contribution in [0.25, 0.3) is 0 Å². The Morgan fingerprint density at radius 3 is 2.00 bits per heavy atom. The van der Waals surface area contributed by atoms with Crippen LogP contribution in [0.5, 0.6) is 0 Å².